The van der Waals surface area contributed by atoms with Gasteiger partial charge in [-0.25, -0.2) is 4.79 Å². The molecule has 1 atom stereocenters. The second-order valence-electron chi connectivity index (χ2n) is 4.86. The molecule has 118 valence electrons. The van der Waals surface area contributed by atoms with Crippen LogP contribution in [0.4, 0.5) is 0 Å². The number of benzene rings is 1. The summed E-state index contributed by atoms with van der Waals surface area (Å²) in [5.41, 5.74) is 1.22. The Bertz CT molecular complexity index is 704. The third-order valence-corrected chi connectivity index (χ3v) is 3.33. The van der Waals surface area contributed by atoms with E-state index in [9.17, 15) is 9.59 Å². The van der Waals surface area contributed by atoms with E-state index in [-0.39, 0.29) is 11.7 Å². The molecule has 2 rings (SSSR count). The van der Waals surface area contributed by atoms with Crippen LogP contribution in [0.25, 0.3) is 11.0 Å². The molecule has 1 N–H and O–H groups in total. The smallest absolute Gasteiger partial charge is 0.375 e. The Kier molecular flexibility index (Phi) is 4.70. The minimum atomic E-state index is -0.880. The first-order valence-electron chi connectivity index (χ1n) is 7.03. The SMILES string of the molecule is CCNC(=O)[C@H](C)OC(=O)c1oc2ccc(OC)cc2c1C. The zero-order valence-electron chi connectivity index (χ0n) is 13.1. The van der Waals surface area contributed by atoms with Gasteiger partial charge < -0.3 is 19.2 Å². The molecule has 0 fully saturated rings. The monoisotopic (exact) mass is 305 g/mol. The summed E-state index contributed by atoms with van der Waals surface area (Å²) in [6, 6.07) is 5.26. The predicted molar refractivity (Wildman–Crippen MR) is 81.1 cm³/mol. The number of ether oxygens (including phenoxy) is 2. The molecule has 0 saturated heterocycles. The fourth-order valence-corrected chi connectivity index (χ4v) is 2.11. The minimum Gasteiger partial charge on any atom is -0.497 e. The summed E-state index contributed by atoms with van der Waals surface area (Å²) < 4.78 is 15.8. The van der Waals surface area contributed by atoms with E-state index in [0.29, 0.717) is 23.4 Å². The van der Waals surface area contributed by atoms with Crippen LogP contribution in [0.3, 0.4) is 0 Å². The highest BCUT2D eigenvalue weighted by Crippen LogP contribution is 2.29. The normalized spacial score (nSPS) is 12.0. The Balaban J connectivity index is 2.25. The first-order valence-corrected chi connectivity index (χ1v) is 7.03. The Morgan fingerprint density at radius 1 is 1.36 bits per heavy atom. The Labute approximate surface area is 128 Å². The molecule has 6 heteroatoms. The Morgan fingerprint density at radius 3 is 2.73 bits per heavy atom. The van der Waals surface area contributed by atoms with Gasteiger partial charge >= 0.3 is 5.97 Å². The van der Waals surface area contributed by atoms with Crippen molar-refractivity contribution in [1.82, 2.24) is 5.32 Å². The van der Waals surface area contributed by atoms with Gasteiger partial charge in [-0.1, -0.05) is 0 Å². The van der Waals surface area contributed by atoms with Crippen molar-refractivity contribution in [2.45, 2.75) is 26.9 Å². The lowest BCUT2D eigenvalue weighted by atomic mass is 10.1. The molecule has 6 nitrogen and oxygen atoms in total. The van der Waals surface area contributed by atoms with Crippen LogP contribution in [-0.4, -0.2) is 31.6 Å². The van der Waals surface area contributed by atoms with E-state index in [0.717, 1.165) is 5.39 Å². The molecule has 0 aliphatic carbocycles. The second kappa shape index (κ2) is 6.51. The van der Waals surface area contributed by atoms with Gasteiger partial charge in [0.25, 0.3) is 5.91 Å². The zero-order chi connectivity index (χ0) is 16.3. The maximum absolute atomic E-state index is 12.2. The molecule has 0 aliphatic rings. The predicted octanol–water partition coefficient (Wildman–Crippen LogP) is 2.43. The zero-order valence-corrected chi connectivity index (χ0v) is 13.1. The Hall–Kier alpha value is -2.50. The topological polar surface area (TPSA) is 77.8 Å². The summed E-state index contributed by atoms with van der Waals surface area (Å²) in [6.45, 7) is 5.55. The lowest BCUT2D eigenvalue weighted by molar-refractivity contribution is -0.129. The molecule has 0 unspecified atom stereocenters. The summed E-state index contributed by atoms with van der Waals surface area (Å²) in [4.78, 5) is 23.8. The summed E-state index contributed by atoms with van der Waals surface area (Å²) in [5.74, 6) is -0.232. The molecule has 0 spiro atoms. The standard InChI is InChI=1S/C16H19NO5/c1-5-17-15(18)10(3)21-16(19)14-9(2)12-8-11(20-4)6-7-13(12)22-14/h6-8,10H,5H2,1-4H3,(H,17,18)/t10-/m0/s1. The van der Waals surface area contributed by atoms with Gasteiger partial charge in [-0.3, -0.25) is 4.79 Å². The van der Waals surface area contributed by atoms with Crippen LogP contribution in [-0.2, 0) is 9.53 Å². The highest BCUT2D eigenvalue weighted by atomic mass is 16.6. The number of carbonyl (C=O) groups is 2. The molecule has 1 heterocycles. The van der Waals surface area contributed by atoms with Crippen LogP contribution in [0, 0.1) is 6.92 Å². The van der Waals surface area contributed by atoms with Gasteiger partial charge in [-0.15, -0.1) is 0 Å². The van der Waals surface area contributed by atoms with Gasteiger partial charge in [-0.05, 0) is 39.0 Å². The number of hydrogen-bond acceptors (Lipinski definition) is 5. The number of esters is 1. The Morgan fingerprint density at radius 2 is 2.09 bits per heavy atom. The van der Waals surface area contributed by atoms with Crippen LogP contribution in [0.2, 0.25) is 0 Å². The highest BCUT2D eigenvalue weighted by molar-refractivity contribution is 5.97. The largest absolute Gasteiger partial charge is 0.497 e. The number of furan rings is 1. The van der Waals surface area contributed by atoms with Gasteiger partial charge in [0, 0.05) is 17.5 Å². The van der Waals surface area contributed by atoms with E-state index < -0.39 is 12.1 Å². The molecule has 1 aromatic heterocycles. The van der Waals surface area contributed by atoms with Gasteiger partial charge in [-0.2, -0.15) is 0 Å². The lowest BCUT2D eigenvalue weighted by Gasteiger charge is -2.11. The quantitative estimate of drug-likeness (QED) is 0.858. The van der Waals surface area contributed by atoms with E-state index >= 15 is 0 Å². The van der Waals surface area contributed by atoms with E-state index in [4.69, 9.17) is 13.9 Å². The molecule has 0 aliphatic heterocycles. The van der Waals surface area contributed by atoms with Crippen molar-refractivity contribution in [3.05, 3.63) is 29.5 Å². The van der Waals surface area contributed by atoms with Gasteiger partial charge in [0.1, 0.15) is 11.3 Å². The maximum atomic E-state index is 12.2. The number of amides is 1. The van der Waals surface area contributed by atoms with Crippen LogP contribution in [0.15, 0.2) is 22.6 Å². The fourth-order valence-electron chi connectivity index (χ4n) is 2.11. The van der Waals surface area contributed by atoms with Crippen molar-refractivity contribution in [2.75, 3.05) is 13.7 Å². The average molecular weight is 305 g/mol. The molecular formula is C16H19NO5. The summed E-state index contributed by atoms with van der Waals surface area (Å²) in [7, 11) is 1.57. The number of likely N-dealkylation sites (N-methyl/N-ethyl adjacent to an activating group) is 1. The van der Waals surface area contributed by atoms with Crippen molar-refractivity contribution < 1.29 is 23.5 Å². The van der Waals surface area contributed by atoms with E-state index in [1.807, 2.05) is 0 Å². The third-order valence-electron chi connectivity index (χ3n) is 3.33. The van der Waals surface area contributed by atoms with Crippen molar-refractivity contribution in [3.8, 4) is 5.75 Å². The van der Waals surface area contributed by atoms with E-state index in [1.54, 1.807) is 39.2 Å². The van der Waals surface area contributed by atoms with Crippen molar-refractivity contribution >= 4 is 22.8 Å². The van der Waals surface area contributed by atoms with Crippen LogP contribution >= 0.6 is 0 Å². The number of aryl methyl sites for hydroxylation is 1. The van der Waals surface area contributed by atoms with E-state index in [2.05, 4.69) is 5.32 Å². The lowest BCUT2D eigenvalue weighted by Crippen LogP contribution is -2.35. The number of nitrogens with one attached hydrogen (secondary N) is 1. The molecule has 2 aromatic rings. The summed E-state index contributed by atoms with van der Waals surface area (Å²) in [5, 5.41) is 3.37. The summed E-state index contributed by atoms with van der Waals surface area (Å²) in [6.07, 6.45) is -0.880. The number of rotatable bonds is 5. The fraction of sp³-hybridized carbons (Fsp3) is 0.375. The molecule has 0 radical (unpaired) electrons. The molecule has 0 saturated carbocycles. The maximum Gasteiger partial charge on any atom is 0.375 e. The van der Waals surface area contributed by atoms with Gasteiger partial charge in [0.15, 0.2) is 6.10 Å². The van der Waals surface area contributed by atoms with E-state index in [1.165, 1.54) is 6.92 Å². The first kappa shape index (κ1) is 15.9. The van der Waals surface area contributed by atoms with Crippen molar-refractivity contribution in [3.63, 3.8) is 0 Å². The molecule has 1 aromatic carbocycles. The highest BCUT2D eigenvalue weighted by Gasteiger charge is 2.24. The van der Waals surface area contributed by atoms with Crippen LogP contribution in [0.5, 0.6) is 5.75 Å². The molecule has 22 heavy (non-hydrogen) atoms. The van der Waals surface area contributed by atoms with Crippen molar-refractivity contribution in [1.29, 1.82) is 0 Å². The summed E-state index contributed by atoms with van der Waals surface area (Å²) >= 11 is 0. The van der Waals surface area contributed by atoms with Crippen molar-refractivity contribution in [2.24, 2.45) is 0 Å². The van der Waals surface area contributed by atoms with Crippen LogP contribution < -0.4 is 10.1 Å². The molecular weight excluding hydrogens is 286 g/mol. The van der Waals surface area contributed by atoms with Crippen LogP contribution in [0.1, 0.15) is 30.0 Å². The molecule has 1 amide bonds. The first-order chi connectivity index (χ1) is 10.5. The number of carbonyl (C=O) groups excluding carboxylic acids is 2. The van der Waals surface area contributed by atoms with Gasteiger partial charge in [0.05, 0.1) is 7.11 Å². The molecule has 0 bridgehead atoms. The second-order valence-corrected chi connectivity index (χ2v) is 4.86. The minimum absolute atomic E-state index is 0.0967. The number of methoxy groups -OCH3 is 1. The number of hydrogen-bond donors (Lipinski definition) is 1. The number of fused-ring (bicyclic) bond motifs is 1. The third kappa shape index (κ3) is 3.05. The van der Waals surface area contributed by atoms with Gasteiger partial charge in [0.2, 0.25) is 5.76 Å². The average Bonchev–Trinajstić information content (AvgIpc) is 2.84.